The van der Waals surface area contributed by atoms with Crippen molar-refractivity contribution in [1.29, 1.82) is 0 Å². The van der Waals surface area contributed by atoms with Crippen LogP contribution in [0.1, 0.15) is 240 Å². The number of rotatable bonds is 52. The summed E-state index contributed by atoms with van der Waals surface area (Å²) in [6, 6.07) is 76.1. The van der Waals surface area contributed by atoms with Crippen molar-refractivity contribution in [3.63, 3.8) is 0 Å². The number of unbranched alkanes of at least 4 members (excludes halogenated alkanes) is 8. The number of hydrogen-bond donors (Lipinski definition) is 6. The Labute approximate surface area is 897 Å². The molecule has 3 amide bonds. The molecule has 6 atom stereocenters. The largest absolute Gasteiger partial charge is 1.00 e. The van der Waals surface area contributed by atoms with Crippen LogP contribution in [0.5, 0.6) is 34.5 Å². The van der Waals surface area contributed by atoms with E-state index in [1.807, 2.05) is 224 Å². The number of carbonyl (C=O) groups excluding carboxylic acids is 7. The number of ether oxygens (including phenoxy) is 11. The van der Waals surface area contributed by atoms with Gasteiger partial charge in [-0.2, -0.15) is 7.11 Å². The standard InChI is InChI=1S/C38H47NO8.C37H45NO8.C32H40N2O5.C5H8O4.CH3O.4CH4.Na/c1-44-34-20-15-29(16-21-34)38(28-11-7-6-8-12-28,30-17-22-35(45-2)23-18-30)47-27-31-25-33(41)26-39(31)36(42)14-10-5-4-9-13-32(40)19-24-37(43)46-3;1-44-33-19-14-28(15-20-33)37(27-10-6-5-7-11-27,29-16-21-34(45-2)22-17-29)46-26-30-24-32(40)25-38(30)35(41)13-9-4-3-8-12-31(39)18-23-36(42)43;1-37-29-16-12-25(13-17-29)32(24-9-5-3-6-10-24,26-14-18-30(38-2)19-15-26)39-23-27-21-28(35)22-34(27)31(36)11-7-4-8-20-33;1-9-5(8)3-2-4(6)7;1-2;;;;;/h6-8,11-12,15-18,20-23,31,33,41H,4-5,9-10,13-14,19,24-27H2,1-3H3;5-7,10-11,14-17,19-22,30,32,40H,3-4,8-9,12-13,18,23-26H2,1-2H3,(H,42,43);3,5-6,9-10,12-19,27-28,35H,4,7-8,11,20-23,33H2,1-2H3;2-3H2,1H3,(H,6,7);1H3;4*1H4;/q;;;;-1;;;;;+1/t31-,33+;30-,32+;27-,28+;;;;;;;/m000......./s1. The molecule has 3 fully saturated rings. The normalized spacial score (nSPS) is 15.3. The van der Waals surface area contributed by atoms with Gasteiger partial charge in [-0.25, -0.2) is 0 Å². The molecule has 3 aliphatic heterocycles. The number of carboxylic acids is 2. The van der Waals surface area contributed by atoms with Gasteiger partial charge in [0.25, 0.3) is 0 Å². The van der Waals surface area contributed by atoms with Gasteiger partial charge in [0.2, 0.25) is 17.7 Å². The Hall–Kier alpha value is -11.9. The van der Waals surface area contributed by atoms with Crippen molar-refractivity contribution in [2.75, 3.05) is 110 Å². The number of aliphatic hydroxyl groups is 3. The van der Waals surface area contributed by atoms with Gasteiger partial charge in [0.15, 0.2) is 0 Å². The zero-order valence-corrected chi connectivity index (χ0v) is 86.8. The molecule has 9 aromatic carbocycles. The molecule has 9 aromatic rings. The summed E-state index contributed by atoms with van der Waals surface area (Å²) in [4.78, 5) is 111. The van der Waals surface area contributed by atoms with E-state index in [2.05, 4.69) is 21.6 Å². The first-order chi connectivity index (χ1) is 69.2. The molecular weight excluding hydrogens is 1900 g/mol. The predicted molar refractivity (Wildman–Crippen MR) is 566 cm³/mol. The molecule has 3 saturated heterocycles. The zero-order chi connectivity index (χ0) is 104. The first kappa shape index (κ1) is 130. The summed E-state index contributed by atoms with van der Waals surface area (Å²) in [6.07, 6.45) is 10.1. The van der Waals surface area contributed by atoms with E-state index in [9.17, 15) is 58.5 Å². The summed E-state index contributed by atoms with van der Waals surface area (Å²) in [5.41, 5.74) is 10.8. The first-order valence-corrected chi connectivity index (χ1v) is 48.8. The Balaban J connectivity index is 0.000000534. The molecule has 804 valence electrons. The molecule has 3 heterocycles. The minimum atomic E-state index is -1.02. The van der Waals surface area contributed by atoms with Crippen LogP contribution in [0.15, 0.2) is 237 Å². The topological polar surface area (TPSA) is 415 Å². The van der Waals surface area contributed by atoms with Gasteiger partial charge in [0.05, 0.1) is 139 Å². The van der Waals surface area contributed by atoms with Gasteiger partial charge in [0, 0.05) is 64.6 Å². The quantitative estimate of drug-likeness (QED) is 0.00892. The number of nitrogens with two attached hydrogens (primary N) is 1. The third kappa shape index (κ3) is 38.9. The minimum Gasteiger partial charge on any atom is -0.857 e. The number of likely N-dealkylation sites (tertiary alicyclic amines) is 3. The molecule has 3 aliphatic rings. The maximum absolute atomic E-state index is 13.4. The Kier molecular flexibility index (Phi) is 61.1. The molecule has 31 heteroatoms. The zero-order valence-electron chi connectivity index (χ0n) is 84.8. The number of carboxylic acid groups (broad SMARTS) is 2. The smallest absolute Gasteiger partial charge is 0.857 e. The summed E-state index contributed by atoms with van der Waals surface area (Å²) >= 11 is 0. The number of hydrogen-bond acceptors (Lipinski definition) is 25. The van der Waals surface area contributed by atoms with Crippen molar-refractivity contribution in [3.8, 4) is 34.5 Å². The predicted octanol–water partition coefficient (Wildman–Crippen LogP) is 14.6. The Morgan fingerprint density at radius 2 is 0.493 bits per heavy atom. The number of benzene rings is 9. The Bertz CT molecular complexity index is 5160. The van der Waals surface area contributed by atoms with Crippen LogP contribution in [-0.4, -0.2) is 240 Å². The molecule has 0 spiro atoms. The molecule has 0 saturated carbocycles. The third-order valence-corrected chi connectivity index (χ3v) is 25.6. The number of β-amino-alcohol motifs (C(OH)–C–C–N with tert-alkyl or cyclic N) is 3. The molecule has 0 unspecified atom stereocenters. The third-order valence-electron chi connectivity index (χ3n) is 25.6. The van der Waals surface area contributed by atoms with Crippen LogP contribution in [0.4, 0.5) is 0 Å². The van der Waals surface area contributed by atoms with Gasteiger partial charge in [-0.15, -0.1) is 0 Å². The second kappa shape index (κ2) is 69.4. The fourth-order valence-electron chi connectivity index (χ4n) is 18.0. The van der Waals surface area contributed by atoms with E-state index in [4.69, 9.17) is 63.7 Å². The van der Waals surface area contributed by atoms with E-state index in [1.54, 1.807) is 57.4 Å². The van der Waals surface area contributed by atoms with E-state index in [0.717, 1.165) is 143 Å². The number of esters is 2. The minimum absolute atomic E-state index is 0. The molecule has 0 aliphatic carbocycles. The molecule has 148 heavy (non-hydrogen) atoms. The summed E-state index contributed by atoms with van der Waals surface area (Å²) in [5, 5.41) is 56.9. The molecule has 0 aromatic heterocycles. The molecule has 0 bridgehead atoms. The van der Waals surface area contributed by atoms with E-state index >= 15 is 0 Å². The number of Topliss-reactive ketones (excluding diaryl/α,β-unsaturated/α-hetero) is 2. The van der Waals surface area contributed by atoms with Gasteiger partial charge >= 0.3 is 53.4 Å². The second-order valence-electron chi connectivity index (χ2n) is 35.2. The van der Waals surface area contributed by atoms with Gasteiger partial charge in [0.1, 0.15) is 62.9 Å². The molecule has 12 rings (SSSR count). The van der Waals surface area contributed by atoms with Crippen LogP contribution in [-0.2, 0) is 83.6 Å². The fraction of sp³-hybridized carbons (Fsp3) is 0.462. The average molecular weight is 2060 g/mol. The van der Waals surface area contributed by atoms with Crippen molar-refractivity contribution >= 4 is 53.2 Å². The number of methoxy groups -OCH3 is 8. The van der Waals surface area contributed by atoms with Gasteiger partial charge < -0.3 is 103 Å². The maximum atomic E-state index is 13.4. The van der Waals surface area contributed by atoms with Crippen LogP contribution < -0.4 is 68.8 Å². The average Bonchev–Trinajstić information content (AvgIpc) is 1.08. The number of ketones is 2. The molecule has 7 N–H and O–H groups in total. The summed E-state index contributed by atoms with van der Waals surface area (Å²) in [5.74, 6) is 1.62. The number of amides is 3. The van der Waals surface area contributed by atoms with Crippen molar-refractivity contribution in [2.45, 2.75) is 243 Å². The maximum Gasteiger partial charge on any atom is 1.00 e. The van der Waals surface area contributed by atoms with E-state index in [-0.39, 0.29) is 184 Å². The fourth-order valence-corrected chi connectivity index (χ4v) is 18.0. The molecule has 30 nitrogen and oxygen atoms in total. The number of aliphatic hydroxyl groups excluding tert-OH is 3. The van der Waals surface area contributed by atoms with E-state index < -0.39 is 53.0 Å². The number of aliphatic carboxylic acids is 2. The number of nitrogens with zero attached hydrogens (tertiary/aromatic N) is 3. The van der Waals surface area contributed by atoms with Gasteiger partial charge in [-0.05, 0) is 187 Å². The van der Waals surface area contributed by atoms with Gasteiger partial charge in [-0.3, -0.25) is 43.2 Å². The van der Waals surface area contributed by atoms with Crippen molar-refractivity contribution in [2.24, 2.45) is 5.73 Å². The summed E-state index contributed by atoms with van der Waals surface area (Å²) in [6.45, 7) is 2.16. The first-order valence-electron chi connectivity index (χ1n) is 48.8. The van der Waals surface area contributed by atoms with Crippen molar-refractivity contribution in [1.82, 2.24) is 14.7 Å². The van der Waals surface area contributed by atoms with Crippen LogP contribution >= 0.6 is 0 Å². The number of carbonyl (C=O) groups is 9. The molecule has 0 radical (unpaired) electrons. The summed E-state index contributed by atoms with van der Waals surface area (Å²) in [7, 11) is 13.1. The van der Waals surface area contributed by atoms with Crippen LogP contribution in [0, 0.1) is 0 Å². The van der Waals surface area contributed by atoms with Crippen molar-refractivity contribution in [3.05, 3.63) is 287 Å². The SMILES string of the molecule is C.C.C.C.COC(=O)CCC(=O)CCCCCCC(=O)N1C[C@H](O)C[C@H]1COC(c1ccccc1)(c1ccc(OC)cc1)c1ccc(OC)cc1.COC(=O)CCC(=O)O.COc1ccc(C(OC[C@@H]2C[C@@H](O)CN2C(=O)CCCCCCC(=O)CCC(=O)O)(c2ccccc2)c2ccc(OC)cc2)cc1.COc1ccc(C(OC[C@@H]2C[C@@H](O)CN2C(=O)CCCCCN)(c2ccccc2)c2ccc(OC)cc2)cc1.C[O-].[Na+]. The van der Waals surface area contributed by atoms with E-state index in [0.29, 0.717) is 83.7 Å². The van der Waals surface area contributed by atoms with Crippen molar-refractivity contribution < 1.29 is 155 Å². The van der Waals surface area contributed by atoms with Gasteiger partial charge in [-0.1, -0.05) is 226 Å². The Morgan fingerprint density at radius 3 is 0.709 bits per heavy atom. The Morgan fingerprint density at radius 1 is 0.291 bits per heavy atom. The van der Waals surface area contributed by atoms with Crippen LogP contribution in [0.25, 0.3) is 0 Å². The van der Waals surface area contributed by atoms with Crippen LogP contribution in [0.2, 0.25) is 0 Å². The van der Waals surface area contributed by atoms with Crippen LogP contribution in [0.3, 0.4) is 0 Å². The monoisotopic (exact) mass is 2060 g/mol. The molecular formula is C117H159N4NaO26. The van der Waals surface area contributed by atoms with E-state index in [1.165, 1.54) is 14.2 Å². The summed E-state index contributed by atoms with van der Waals surface area (Å²) < 4.78 is 62.4. The second-order valence-corrected chi connectivity index (χ2v) is 35.2.